The van der Waals surface area contributed by atoms with Crippen LogP contribution in [0.5, 0.6) is 0 Å². The van der Waals surface area contributed by atoms with Crippen molar-refractivity contribution in [3.05, 3.63) is 28.8 Å². The van der Waals surface area contributed by atoms with Crippen LogP contribution in [-0.4, -0.2) is 30.9 Å². The largest absolute Gasteiger partial charge is 0.244 e. The SMILES string of the molecule is Cc1c(Cl)cccc1S(=O)(=O)N1CCSC1. The second kappa shape index (κ2) is 4.56. The number of benzene rings is 1. The van der Waals surface area contributed by atoms with Crippen LogP contribution in [0.4, 0.5) is 0 Å². The molecule has 0 radical (unpaired) electrons. The van der Waals surface area contributed by atoms with Gasteiger partial charge in [-0.05, 0) is 24.6 Å². The molecule has 6 heteroatoms. The standard InChI is InChI=1S/C10H12ClNO2S2/c1-8-9(11)3-2-4-10(8)16(13,14)12-5-6-15-7-12/h2-4H,5-7H2,1H3. The van der Waals surface area contributed by atoms with E-state index < -0.39 is 10.0 Å². The first-order valence-corrected chi connectivity index (χ1v) is 7.84. The number of rotatable bonds is 2. The van der Waals surface area contributed by atoms with Crippen molar-refractivity contribution in [1.29, 1.82) is 0 Å². The van der Waals surface area contributed by atoms with E-state index in [-0.39, 0.29) is 0 Å². The molecule has 16 heavy (non-hydrogen) atoms. The molecule has 1 aromatic rings. The molecular weight excluding hydrogens is 266 g/mol. The van der Waals surface area contributed by atoms with Gasteiger partial charge in [0.1, 0.15) is 0 Å². The van der Waals surface area contributed by atoms with Crippen LogP contribution in [0.1, 0.15) is 5.56 Å². The molecule has 0 amide bonds. The Morgan fingerprint density at radius 1 is 1.44 bits per heavy atom. The van der Waals surface area contributed by atoms with Crippen LogP contribution in [0.15, 0.2) is 23.1 Å². The van der Waals surface area contributed by atoms with Gasteiger partial charge in [-0.15, -0.1) is 11.8 Å². The lowest BCUT2D eigenvalue weighted by atomic mass is 10.2. The van der Waals surface area contributed by atoms with Crippen LogP contribution in [0.25, 0.3) is 0 Å². The highest BCUT2D eigenvalue weighted by Crippen LogP contribution is 2.28. The predicted molar refractivity (Wildman–Crippen MR) is 67.4 cm³/mol. The number of hydrogen-bond donors (Lipinski definition) is 0. The smallest absolute Gasteiger partial charge is 0.207 e. The Bertz CT molecular complexity index is 496. The van der Waals surface area contributed by atoms with E-state index in [4.69, 9.17) is 11.6 Å². The van der Waals surface area contributed by atoms with Crippen LogP contribution >= 0.6 is 23.4 Å². The predicted octanol–water partition coefficient (Wildman–Crippen LogP) is 2.34. The van der Waals surface area contributed by atoms with E-state index in [9.17, 15) is 8.42 Å². The fraction of sp³-hybridized carbons (Fsp3) is 0.400. The lowest BCUT2D eigenvalue weighted by Crippen LogP contribution is -2.28. The first-order valence-electron chi connectivity index (χ1n) is 4.86. The van der Waals surface area contributed by atoms with Gasteiger partial charge < -0.3 is 0 Å². The van der Waals surface area contributed by atoms with Crippen molar-refractivity contribution in [3.63, 3.8) is 0 Å². The Labute approximate surface area is 105 Å². The molecule has 1 heterocycles. The second-order valence-electron chi connectivity index (χ2n) is 3.58. The zero-order valence-corrected chi connectivity index (χ0v) is 11.2. The van der Waals surface area contributed by atoms with E-state index in [0.29, 0.717) is 27.9 Å². The maximum absolute atomic E-state index is 12.3. The summed E-state index contributed by atoms with van der Waals surface area (Å²) < 4.78 is 26.0. The summed E-state index contributed by atoms with van der Waals surface area (Å²) in [7, 11) is -3.36. The molecule has 0 saturated carbocycles. The number of thioether (sulfide) groups is 1. The highest BCUT2D eigenvalue weighted by molar-refractivity contribution is 8.00. The summed E-state index contributed by atoms with van der Waals surface area (Å²) in [5.41, 5.74) is 0.626. The summed E-state index contributed by atoms with van der Waals surface area (Å²) in [6.07, 6.45) is 0. The number of hydrogen-bond acceptors (Lipinski definition) is 3. The van der Waals surface area contributed by atoms with Gasteiger partial charge in [0.2, 0.25) is 10.0 Å². The fourth-order valence-electron chi connectivity index (χ4n) is 1.59. The van der Waals surface area contributed by atoms with Crippen LogP contribution < -0.4 is 0 Å². The minimum Gasteiger partial charge on any atom is -0.207 e. The van der Waals surface area contributed by atoms with Gasteiger partial charge in [-0.3, -0.25) is 0 Å². The highest BCUT2D eigenvalue weighted by Gasteiger charge is 2.29. The Morgan fingerprint density at radius 3 is 2.81 bits per heavy atom. The Hall–Kier alpha value is -0.230. The molecule has 88 valence electrons. The molecule has 0 bridgehead atoms. The molecule has 0 spiro atoms. The Kier molecular flexibility index (Phi) is 3.49. The van der Waals surface area contributed by atoms with E-state index in [0.717, 1.165) is 5.75 Å². The Morgan fingerprint density at radius 2 is 2.19 bits per heavy atom. The number of nitrogens with zero attached hydrogens (tertiary/aromatic N) is 1. The Balaban J connectivity index is 2.47. The minimum atomic E-state index is -3.36. The van der Waals surface area contributed by atoms with Crippen LogP contribution in [-0.2, 0) is 10.0 Å². The zero-order valence-electron chi connectivity index (χ0n) is 8.81. The summed E-state index contributed by atoms with van der Waals surface area (Å²) in [6, 6.07) is 4.99. The quantitative estimate of drug-likeness (QED) is 0.833. The molecule has 0 N–H and O–H groups in total. The van der Waals surface area contributed by atoms with Gasteiger partial charge >= 0.3 is 0 Å². The van der Waals surface area contributed by atoms with E-state index in [2.05, 4.69) is 0 Å². The average Bonchev–Trinajstić information content (AvgIpc) is 2.75. The van der Waals surface area contributed by atoms with E-state index in [1.165, 1.54) is 4.31 Å². The molecule has 1 aliphatic heterocycles. The van der Waals surface area contributed by atoms with Crippen molar-refractivity contribution >= 4 is 33.4 Å². The van der Waals surface area contributed by atoms with E-state index in [1.54, 1.807) is 36.9 Å². The number of halogens is 1. The fourth-order valence-corrected chi connectivity index (χ4v) is 4.89. The summed E-state index contributed by atoms with van der Waals surface area (Å²) >= 11 is 7.57. The zero-order chi connectivity index (χ0) is 11.8. The molecule has 3 nitrogen and oxygen atoms in total. The van der Waals surface area contributed by atoms with Gasteiger partial charge in [0.05, 0.1) is 10.8 Å². The van der Waals surface area contributed by atoms with Crippen molar-refractivity contribution in [2.24, 2.45) is 0 Å². The molecule has 1 saturated heterocycles. The third-order valence-electron chi connectivity index (χ3n) is 2.56. The van der Waals surface area contributed by atoms with E-state index >= 15 is 0 Å². The first kappa shape index (κ1) is 12.2. The third-order valence-corrected chi connectivity index (χ3v) is 6.08. The highest BCUT2D eigenvalue weighted by atomic mass is 35.5. The van der Waals surface area contributed by atoms with Crippen LogP contribution in [0, 0.1) is 6.92 Å². The second-order valence-corrected chi connectivity index (χ2v) is 6.97. The molecule has 2 rings (SSSR count). The normalized spacial score (nSPS) is 17.9. The van der Waals surface area contributed by atoms with Gasteiger partial charge in [-0.1, -0.05) is 17.7 Å². The van der Waals surface area contributed by atoms with Gasteiger partial charge in [0.15, 0.2) is 0 Å². The van der Waals surface area contributed by atoms with Gasteiger partial charge in [0.25, 0.3) is 0 Å². The summed E-state index contributed by atoms with van der Waals surface area (Å²) in [4.78, 5) is 0.322. The third kappa shape index (κ3) is 2.09. The van der Waals surface area contributed by atoms with Crippen molar-refractivity contribution in [2.75, 3.05) is 18.2 Å². The van der Waals surface area contributed by atoms with Gasteiger partial charge in [0, 0.05) is 17.3 Å². The van der Waals surface area contributed by atoms with Crippen molar-refractivity contribution < 1.29 is 8.42 Å². The molecule has 1 aliphatic rings. The first-order chi connectivity index (χ1) is 7.53. The van der Waals surface area contributed by atoms with E-state index in [1.807, 2.05) is 0 Å². The molecule has 0 atom stereocenters. The van der Waals surface area contributed by atoms with Crippen LogP contribution in [0.2, 0.25) is 5.02 Å². The molecule has 0 aromatic heterocycles. The van der Waals surface area contributed by atoms with Crippen molar-refractivity contribution in [1.82, 2.24) is 4.31 Å². The van der Waals surface area contributed by atoms with Gasteiger partial charge in [-0.25, -0.2) is 8.42 Å². The monoisotopic (exact) mass is 277 g/mol. The van der Waals surface area contributed by atoms with Crippen molar-refractivity contribution in [3.8, 4) is 0 Å². The van der Waals surface area contributed by atoms with Crippen LogP contribution in [0.3, 0.4) is 0 Å². The molecular formula is C10H12ClNO2S2. The summed E-state index contributed by atoms with van der Waals surface area (Å²) in [5, 5.41) is 0.493. The lowest BCUT2D eigenvalue weighted by Gasteiger charge is -2.16. The summed E-state index contributed by atoms with van der Waals surface area (Å²) in [6.45, 7) is 2.32. The topological polar surface area (TPSA) is 37.4 Å². The van der Waals surface area contributed by atoms with Crippen molar-refractivity contribution in [2.45, 2.75) is 11.8 Å². The molecule has 1 aromatic carbocycles. The van der Waals surface area contributed by atoms with Gasteiger partial charge in [-0.2, -0.15) is 4.31 Å². The molecule has 0 aliphatic carbocycles. The molecule has 0 unspecified atom stereocenters. The summed E-state index contributed by atoms with van der Waals surface area (Å²) in [5.74, 6) is 1.40. The number of sulfonamides is 1. The lowest BCUT2D eigenvalue weighted by molar-refractivity contribution is 0.489. The molecule has 1 fully saturated rings. The minimum absolute atomic E-state index is 0.322. The maximum atomic E-state index is 12.3. The average molecular weight is 278 g/mol. The maximum Gasteiger partial charge on any atom is 0.244 e.